The Labute approximate surface area is 155 Å². The number of benzene rings is 2. The number of amides is 2. The van der Waals surface area contributed by atoms with Crippen molar-refractivity contribution >= 4 is 23.4 Å². The van der Waals surface area contributed by atoms with Gasteiger partial charge < -0.3 is 24.3 Å². The van der Waals surface area contributed by atoms with E-state index in [1.54, 1.807) is 42.5 Å². The van der Waals surface area contributed by atoms with Crippen LogP contribution in [-0.4, -0.2) is 28.6 Å². The number of methoxy groups -OCH3 is 1. The van der Waals surface area contributed by atoms with E-state index in [9.17, 15) is 9.59 Å². The maximum absolute atomic E-state index is 11.7. The lowest BCUT2D eigenvalue weighted by Crippen LogP contribution is -2.22. The smallest absolute Gasteiger partial charge is 0.248 e. The molecule has 0 atom stereocenters. The molecule has 0 spiro atoms. The van der Waals surface area contributed by atoms with Gasteiger partial charge in [0.15, 0.2) is 0 Å². The highest BCUT2D eigenvalue weighted by atomic mass is 16.5. The average Bonchev–Trinajstić information content (AvgIpc) is 2.91. The van der Waals surface area contributed by atoms with Crippen LogP contribution in [0.2, 0.25) is 0 Å². The van der Waals surface area contributed by atoms with Crippen LogP contribution < -0.4 is 20.8 Å². The van der Waals surface area contributed by atoms with Crippen LogP contribution in [0.15, 0.2) is 41.4 Å². The number of carbonyl (C=O) groups excluding carboxylic acids is 2. The first-order valence-electron chi connectivity index (χ1n) is 8.18. The Hall–Kier alpha value is -3.55. The molecule has 2 amide bonds. The first kappa shape index (κ1) is 18.2. The minimum absolute atomic E-state index is 0.288. The van der Waals surface area contributed by atoms with E-state index < -0.39 is 5.91 Å². The van der Waals surface area contributed by atoms with Crippen molar-refractivity contribution < 1.29 is 19.1 Å². The van der Waals surface area contributed by atoms with Crippen molar-refractivity contribution in [1.82, 2.24) is 9.13 Å². The molecule has 1 aromatic heterocycles. The van der Waals surface area contributed by atoms with Crippen molar-refractivity contribution in [3.63, 3.8) is 0 Å². The number of aromatic nitrogens is 2. The zero-order valence-corrected chi connectivity index (χ0v) is 15.3. The second-order valence-corrected chi connectivity index (χ2v) is 6.00. The van der Waals surface area contributed by atoms with Crippen molar-refractivity contribution in [3.05, 3.63) is 53.1 Å². The van der Waals surface area contributed by atoms with Crippen LogP contribution >= 0.6 is 0 Å². The van der Waals surface area contributed by atoms with Gasteiger partial charge in [-0.3, -0.25) is 9.59 Å². The van der Waals surface area contributed by atoms with Gasteiger partial charge in [0.1, 0.15) is 23.6 Å². The van der Waals surface area contributed by atoms with E-state index in [1.165, 1.54) is 0 Å². The minimum Gasteiger partial charge on any atom is -0.497 e. The van der Waals surface area contributed by atoms with E-state index in [2.05, 4.69) is 4.99 Å². The number of nitrogens with zero attached hydrogens (tertiary/aromatic N) is 3. The highest BCUT2D eigenvalue weighted by molar-refractivity contribution is 5.98. The van der Waals surface area contributed by atoms with E-state index in [0.717, 1.165) is 11.3 Å². The molecule has 0 unspecified atom stereocenters. The number of aryl methyl sites for hydroxylation is 2. The lowest BCUT2D eigenvalue weighted by Gasteiger charge is -2.11. The van der Waals surface area contributed by atoms with Crippen LogP contribution in [0, 0.1) is 0 Å². The summed E-state index contributed by atoms with van der Waals surface area (Å²) in [5.41, 5.74) is 8.52. The number of hydrogen-bond acceptors (Lipinski definition) is 4. The summed E-state index contributed by atoms with van der Waals surface area (Å²) in [6.07, 6.45) is 0.473. The van der Waals surface area contributed by atoms with Gasteiger partial charge >= 0.3 is 0 Å². The van der Waals surface area contributed by atoms with E-state index in [4.69, 9.17) is 15.2 Å². The molecule has 2 N–H and O–H groups in total. The standard InChI is InChI=1S/C19H20N4O4/c1-22-15-8-13(18(20)25)9-16(17(15)23(2)19(22)21-11-24)27-10-12-4-6-14(26-3)7-5-12/h4-9,11H,10H2,1-3H3,(H2,20,25). The van der Waals surface area contributed by atoms with Gasteiger partial charge in [-0.05, 0) is 29.8 Å². The van der Waals surface area contributed by atoms with Crippen molar-refractivity contribution in [2.75, 3.05) is 7.11 Å². The van der Waals surface area contributed by atoms with Crippen LogP contribution in [0.3, 0.4) is 0 Å². The Morgan fingerprint density at radius 3 is 2.48 bits per heavy atom. The zero-order chi connectivity index (χ0) is 19.6. The molecule has 0 fully saturated rings. The third-order valence-electron chi connectivity index (χ3n) is 4.36. The number of ether oxygens (including phenoxy) is 2. The molecule has 3 rings (SSSR count). The molecule has 0 radical (unpaired) electrons. The third kappa shape index (κ3) is 3.41. The molecule has 8 heteroatoms. The molecule has 0 aliphatic carbocycles. The number of primary amides is 1. The summed E-state index contributed by atoms with van der Waals surface area (Å²) in [6.45, 7) is 0.288. The fourth-order valence-corrected chi connectivity index (χ4v) is 2.97. The van der Waals surface area contributed by atoms with E-state index in [-0.39, 0.29) is 6.61 Å². The van der Waals surface area contributed by atoms with Gasteiger partial charge in [-0.1, -0.05) is 12.1 Å². The van der Waals surface area contributed by atoms with Crippen LogP contribution in [-0.2, 0) is 25.5 Å². The molecule has 0 aliphatic rings. The van der Waals surface area contributed by atoms with E-state index >= 15 is 0 Å². The molecule has 3 aromatic rings. The number of nitrogens with two attached hydrogens (primary N) is 1. The van der Waals surface area contributed by atoms with Crippen molar-refractivity contribution in [1.29, 1.82) is 0 Å². The highest BCUT2D eigenvalue weighted by Crippen LogP contribution is 2.27. The van der Waals surface area contributed by atoms with Gasteiger partial charge in [0.05, 0.1) is 12.6 Å². The van der Waals surface area contributed by atoms with Gasteiger partial charge in [0.25, 0.3) is 0 Å². The average molecular weight is 368 g/mol. The van der Waals surface area contributed by atoms with Crippen LogP contribution in [0.25, 0.3) is 11.0 Å². The fourth-order valence-electron chi connectivity index (χ4n) is 2.97. The van der Waals surface area contributed by atoms with Gasteiger partial charge in [0.2, 0.25) is 17.9 Å². The largest absolute Gasteiger partial charge is 0.497 e. The Morgan fingerprint density at radius 1 is 1.19 bits per heavy atom. The molecule has 1 heterocycles. The SMILES string of the molecule is COc1ccc(COc2cc(C(N)=O)cc3c2n(C)c(=NC=O)n3C)cc1. The van der Waals surface area contributed by atoms with Gasteiger partial charge in [-0.2, -0.15) is 4.99 Å². The normalized spacial score (nSPS) is 11.6. The number of fused-ring (bicyclic) bond motifs is 1. The topological polar surface area (TPSA) is 101 Å². The summed E-state index contributed by atoms with van der Waals surface area (Å²) < 4.78 is 14.6. The van der Waals surface area contributed by atoms with Crippen molar-refractivity contribution in [2.24, 2.45) is 24.8 Å². The number of rotatable bonds is 6. The Morgan fingerprint density at radius 2 is 1.89 bits per heavy atom. The molecule has 140 valence electrons. The maximum atomic E-state index is 11.7. The van der Waals surface area contributed by atoms with Gasteiger partial charge in [0, 0.05) is 19.7 Å². The van der Waals surface area contributed by atoms with Crippen molar-refractivity contribution in [3.8, 4) is 11.5 Å². The summed E-state index contributed by atoms with van der Waals surface area (Å²) in [6, 6.07) is 10.7. The Bertz CT molecular complexity index is 1080. The molecule has 2 aromatic carbocycles. The maximum Gasteiger partial charge on any atom is 0.248 e. The first-order valence-corrected chi connectivity index (χ1v) is 8.18. The molecule has 0 bridgehead atoms. The molecular weight excluding hydrogens is 348 g/mol. The zero-order valence-electron chi connectivity index (χ0n) is 15.3. The monoisotopic (exact) mass is 368 g/mol. The minimum atomic E-state index is -0.566. The second-order valence-electron chi connectivity index (χ2n) is 6.00. The van der Waals surface area contributed by atoms with Crippen LogP contribution in [0.4, 0.5) is 0 Å². The summed E-state index contributed by atoms with van der Waals surface area (Å²) in [5.74, 6) is 0.665. The Kier molecular flexibility index (Phi) is 4.98. The van der Waals surface area contributed by atoms with Crippen molar-refractivity contribution in [2.45, 2.75) is 6.61 Å². The van der Waals surface area contributed by atoms with E-state index in [0.29, 0.717) is 34.4 Å². The van der Waals surface area contributed by atoms with Crippen LogP contribution in [0.1, 0.15) is 15.9 Å². The number of carbonyl (C=O) groups is 2. The fraction of sp³-hybridized carbons (Fsp3) is 0.211. The molecule has 0 saturated carbocycles. The molecule has 27 heavy (non-hydrogen) atoms. The summed E-state index contributed by atoms with van der Waals surface area (Å²) >= 11 is 0. The van der Waals surface area contributed by atoms with Gasteiger partial charge in [-0.25, -0.2) is 0 Å². The predicted octanol–water partition coefficient (Wildman–Crippen LogP) is 1.26. The highest BCUT2D eigenvalue weighted by Gasteiger charge is 2.16. The summed E-state index contributed by atoms with van der Waals surface area (Å²) in [7, 11) is 5.13. The molecule has 8 nitrogen and oxygen atoms in total. The predicted molar refractivity (Wildman–Crippen MR) is 99.4 cm³/mol. The summed E-state index contributed by atoms with van der Waals surface area (Å²) in [4.78, 5) is 26.5. The number of hydrogen-bond donors (Lipinski definition) is 1. The summed E-state index contributed by atoms with van der Waals surface area (Å²) in [5, 5.41) is 0. The lowest BCUT2D eigenvalue weighted by atomic mass is 10.1. The molecule has 0 saturated heterocycles. The lowest BCUT2D eigenvalue weighted by molar-refractivity contribution is -0.107. The van der Waals surface area contributed by atoms with Crippen LogP contribution in [0.5, 0.6) is 11.5 Å². The number of imidazole rings is 1. The Balaban J connectivity index is 2.09. The quantitative estimate of drug-likeness (QED) is 0.662. The van der Waals surface area contributed by atoms with Gasteiger partial charge in [-0.15, -0.1) is 0 Å². The molecular formula is C19H20N4O4. The van der Waals surface area contributed by atoms with E-state index in [1.807, 2.05) is 24.3 Å². The molecule has 0 aliphatic heterocycles. The first-order chi connectivity index (χ1) is 13.0. The second kappa shape index (κ2) is 7.36. The third-order valence-corrected chi connectivity index (χ3v) is 4.36.